The average molecular weight is 304 g/mol. The summed E-state index contributed by atoms with van der Waals surface area (Å²) < 4.78 is 24.6. The molecule has 19 heavy (non-hydrogen) atoms. The molecule has 0 aliphatic carbocycles. The van der Waals surface area contributed by atoms with Crippen LogP contribution in [0.15, 0.2) is 6.20 Å². The molecule has 1 saturated heterocycles. The number of thiazole rings is 1. The topological polar surface area (TPSA) is 88.3 Å². The molecule has 2 heterocycles. The highest BCUT2D eigenvalue weighted by Gasteiger charge is 2.23. The molecule has 0 amide bonds. The van der Waals surface area contributed by atoms with Gasteiger partial charge in [0.05, 0.1) is 6.26 Å². The van der Waals surface area contributed by atoms with Crippen molar-refractivity contribution in [3.63, 3.8) is 0 Å². The number of nitrogens with two attached hydrogens (primary N) is 1. The molecule has 0 radical (unpaired) electrons. The number of rotatable bonds is 4. The van der Waals surface area contributed by atoms with E-state index in [1.807, 2.05) is 0 Å². The quantitative estimate of drug-likeness (QED) is 0.854. The minimum absolute atomic E-state index is 0.292. The van der Waals surface area contributed by atoms with Crippen molar-refractivity contribution in [3.8, 4) is 0 Å². The van der Waals surface area contributed by atoms with Gasteiger partial charge in [-0.15, -0.1) is 0 Å². The summed E-state index contributed by atoms with van der Waals surface area (Å²) in [7, 11) is -3.25. The molecule has 2 atom stereocenters. The van der Waals surface area contributed by atoms with E-state index in [9.17, 15) is 8.42 Å². The van der Waals surface area contributed by atoms with Crippen molar-refractivity contribution in [3.05, 3.63) is 11.1 Å². The van der Waals surface area contributed by atoms with Crippen LogP contribution >= 0.6 is 11.3 Å². The molecule has 6 nitrogen and oxygen atoms in total. The van der Waals surface area contributed by atoms with Crippen LogP contribution < -0.4 is 10.5 Å². The van der Waals surface area contributed by atoms with Crippen molar-refractivity contribution >= 4 is 26.5 Å². The second kappa shape index (κ2) is 5.74. The molecule has 0 saturated carbocycles. The van der Waals surface area contributed by atoms with E-state index in [-0.39, 0.29) is 0 Å². The second-order valence-electron chi connectivity index (χ2n) is 5.17. The fourth-order valence-electron chi connectivity index (χ4n) is 2.20. The molecule has 0 aromatic carbocycles. The van der Waals surface area contributed by atoms with E-state index in [1.54, 1.807) is 6.20 Å². The number of nitrogens with zero attached hydrogens (tertiary/aromatic N) is 2. The van der Waals surface area contributed by atoms with Gasteiger partial charge in [-0.05, 0) is 12.3 Å². The predicted molar refractivity (Wildman–Crippen MR) is 77.6 cm³/mol. The van der Waals surface area contributed by atoms with Gasteiger partial charge in [0.2, 0.25) is 10.0 Å². The summed E-state index contributed by atoms with van der Waals surface area (Å²) in [6, 6.07) is 0.292. The van der Waals surface area contributed by atoms with Crippen LogP contribution in [-0.2, 0) is 16.6 Å². The maximum Gasteiger partial charge on any atom is 0.231 e. The average Bonchev–Trinajstić information content (AvgIpc) is 2.68. The summed E-state index contributed by atoms with van der Waals surface area (Å²) >= 11 is 1.38. The molecule has 0 spiro atoms. The predicted octanol–water partition coefficient (Wildman–Crippen LogP) is 0.684. The minimum Gasteiger partial charge on any atom is -0.327 e. The first-order chi connectivity index (χ1) is 8.83. The maximum absolute atomic E-state index is 11.1. The lowest BCUT2D eigenvalue weighted by Crippen LogP contribution is -2.45. The Bertz CT molecular complexity index is 529. The van der Waals surface area contributed by atoms with Crippen LogP contribution in [0.4, 0.5) is 5.13 Å². The van der Waals surface area contributed by atoms with Crippen LogP contribution in [0.3, 0.4) is 0 Å². The van der Waals surface area contributed by atoms with Gasteiger partial charge in [-0.2, -0.15) is 0 Å². The molecule has 1 aliphatic rings. The Morgan fingerprint density at radius 2 is 2.37 bits per heavy atom. The Kier molecular flexibility index (Phi) is 4.44. The van der Waals surface area contributed by atoms with Crippen molar-refractivity contribution < 1.29 is 8.42 Å². The third-order valence-electron chi connectivity index (χ3n) is 3.26. The standard InChI is InChI=1S/C11H20N4O2S2/c1-8-6-15(4-3-10(8)12)7-9-5-13-11(18-9)14-19(2,16)17/h5,8,10H,3-4,6-7,12H2,1-2H3,(H,13,14). The molecule has 108 valence electrons. The van der Waals surface area contributed by atoms with Gasteiger partial charge in [-0.3, -0.25) is 9.62 Å². The lowest BCUT2D eigenvalue weighted by atomic mass is 9.95. The fourth-order valence-corrected chi connectivity index (χ4v) is 3.90. The van der Waals surface area contributed by atoms with E-state index >= 15 is 0 Å². The summed E-state index contributed by atoms with van der Waals surface area (Å²) in [5.41, 5.74) is 5.99. The smallest absolute Gasteiger partial charge is 0.231 e. The number of anilines is 1. The van der Waals surface area contributed by atoms with E-state index in [2.05, 4.69) is 21.5 Å². The van der Waals surface area contributed by atoms with Gasteiger partial charge in [0.1, 0.15) is 0 Å². The molecular weight excluding hydrogens is 284 g/mol. The molecule has 2 unspecified atom stereocenters. The molecule has 1 aromatic heterocycles. The Morgan fingerprint density at radius 3 is 3.00 bits per heavy atom. The lowest BCUT2D eigenvalue weighted by molar-refractivity contribution is 0.159. The van der Waals surface area contributed by atoms with Crippen LogP contribution in [0.2, 0.25) is 0 Å². The Labute approximate surface area is 118 Å². The normalized spacial score (nSPS) is 25.4. The zero-order valence-corrected chi connectivity index (χ0v) is 12.8. The van der Waals surface area contributed by atoms with Crippen LogP contribution in [0, 0.1) is 5.92 Å². The van der Waals surface area contributed by atoms with E-state index in [0.29, 0.717) is 17.1 Å². The highest BCUT2D eigenvalue weighted by molar-refractivity contribution is 7.92. The Balaban J connectivity index is 1.93. The van der Waals surface area contributed by atoms with Crippen LogP contribution in [0.1, 0.15) is 18.2 Å². The van der Waals surface area contributed by atoms with Crippen LogP contribution in [0.5, 0.6) is 0 Å². The van der Waals surface area contributed by atoms with Gasteiger partial charge in [0, 0.05) is 36.8 Å². The van der Waals surface area contributed by atoms with Gasteiger partial charge < -0.3 is 5.73 Å². The van der Waals surface area contributed by atoms with Crippen molar-refractivity contribution in [2.24, 2.45) is 11.7 Å². The number of piperidine rings is 1. The Morgan fingerprint density at radius 1 is 1.63 bits per heavy atom. The van der Waals surface area contributed by atoms with Crippen molar-refractivity contribution in [1.29, 1.82) is 0 Å². The number of likely N-dealkylation sites (tertiary alicyclic amines) is 1. The number of hydrogen-bond donors (Lipinski definition) is 2. The Hall–Kier alpha value is -0.700. The molecule has 1 fully saturated rings. The lowest BCUT2D eigenvalue weighted by Gasteiger charge is -2.34. The summed E-state index contributed by atoms with van der Waals surface area (Å²) in [5, 5.41) is 0.430. The van der Waals surface area contributed by atoms with Gasteiger partial charge in [0.15, 0.2) is 5.13 Å². The maximum atomic E-state index is 11.1. The summed E-state index contributed by atoms with van der Waals surface area (Å²) in [6.45, 7) is 4.94. The third kappa shape index (κ3) is 4.41. The second-order valence-corrected chi connectivity index (χ2v) is 8.03. The van der Waals surface area contributed by atoms with Crippen molar-refractivity contribution in [2.75, 3.05) is 24.1 Å². The highest BCUT2D eigenvalue weighted by atomic mass is 32.2. The molecule has 1 aliphatic heterocycles. The fraction of sp³-hybridized carbons (Fsp3) is 0.727. The monoisotopic (exact) mass is 304 g/mol. The number of hydrogen-bond acceptors (Lipinski definition) is 6. The van der Waals surface area contributed by atoms with Crippen LogP contribution in [-0.4, -0.2) is 43.7 Å². The number of sulfonamides is 1. The van der Waals surface area contributed by atoms with E-state index < -0.39 is 10.0 Å². The number of aromatic nitrogens is 1. The SMILES string of the molecule is CC1CN(Cc2cnc(NS(C)(=O)=O)s2)CCC1N. The summed E-state index contributed by atoms with van der Waals surface area (Å²) in [5.74, 6) is 0.496. The molecular formula is C11H20N4O2S2. The molecule has 1 aromatic rings. The van der Waals surface area contributed by atoms with Crippen molar-refractivity contribution in [2.45, 2.75) is 25.9 Å². The summed E-state index contributed by atoms with van der Waals surface area (Å²) in [6.07, 6.45) is 3.87. The first kappa shape index (κ1) is 14.7. The largest absolute Gasteiger partial charge is 0.327 e. The minimum atomic E-state index is -3.25. The van der Waals surface area contributed by atoms with Gasteiger partial charge in [0.25, 0.3) is 0 Å². The molecule has 3 N–H and O–H groups in total. The summed E-state index contributed by atoms with van der Waals surface area (Å²) in [4.78, 5) is 7.48. The van der Waals surface area contributed by atoms with Gasteiger partial charge in [-0.25, -0.2) is 13.4 Å². The van der Waals surface area contributed by atoms with Crippen LogP contribution in [0.25, 0.3) is 0 Å². The highest BCUT2D eigenvalue weighted by Crippen LogP contribution is 2.23. The molecule has 8 heteroatoms. The zero-order valence-electron chi connectivity index (χ0n) is 11.2. The first-order valence-electron chi connectivity index (χ1n) is 6.24. The first-order valence-corrected chi connectivity index (χ1v) is 8.95. The third-order valence-corrected chi connectivity index (χ3v) is 4.85. The zero-order chi connectivity index (χ0) is 14.0. The molecule has 0 bridgehead atoms. The van der Waals surface area contributed by atoms with E-state index in [4.69, 9.17) is 5.73 Å². The van der Waals surface area contributed by atoms with E-state index in [1.165, 1.54) is 11.3 Å². The van der Waals surface area contributed by atoms with Gasteiger partial charge >= 0.3 is 0 Å². The molecule has 2 rings (SSSR count). The number of nitrogens with one attached hydrogen (secondary N) is 1. The van der Waals surface area contributed by atoms with Gasteiger partial charge in [-0.1, -0.05) is 18.3 Å². The van der Waals surface area contributed by atoms with E-state index in [0.717, 1.165) is 37.2 Å². The van der Waals surface area contributed by atoms with Crippen molar-refractivity contribution in [1.82, 2.24) is 9.88 Å².